The third-order valence-corrected chi connectivity index (χ3v) is 3.47. The van der Waals surface area contributed by atoms with Crippen LogP contribution >= 0.6 is 0 Å². The quantitative estimate of drug-likeness (QED) is 0.875. The molecule has 22 heavy (non-hydrogen) atoms. The molecular weight excluding hydrogens is 284 g/mol. The molecule has 1 aromatic carbocycles. The normalized spacial score (nSPS) is 11.9. The van der Waals surface area contributed by atoms with Crippen molar-refractivity contribution in [2.24, 2.45) is 0 Å². The fourth-order valence-corrected chi connectivity index (χ4v) is 2.08. The number of nitrogens with zero attached hydrogens (tertiary/aromatic N) is 4. The number of carbonyl (C=O) groups excluding carboxylic acids is 1. The summed E-state index contributed by atoms with van der Waals surface area (Å²) in [7, 11) is 0. The Balaban J connectivity index is 2.30. The first-order valence-electron chi connectivity index (χ1n) is 7.00. The van der Waals surface area contributed by atoms with E-state index in [9.17, 15) is 9.59 Å². The number of hydrogen-bond donors (Lipinski definition) is 1. The Kier molecular flexibility index (Phi) is 4.88. The van der Waals surface area contributed by atoms with Crippen LogP contribution in [-0.4, -0.2) is 49.2 Å². The molecule has 116 valence electrons. The Bertz CT molecular complexity index is 655. The third kappa shape index (κ3) is 3.49. The summed E-state index contributed by atoms with van der Waals surface area (Å²) in [5.41, 5.74) is 1.12. The molecule has 1 heterocycles. The van der Waals surface area contributed by atoms with Gasteiger partial charge in [0.1, 0.15) is 19.2 Å². The molecule has 0 aliphatic carbocycles. The van der Waals surface area contributed by atoms with Crippen LogP contribution in [0.3, 0.4) is 0 Å². The van der Waals surface area contributed by atoms with E-state index in [1.165, 1.54) is 17.6 Å². The minimum Gasteiger partial charge on any atom is -0.480 e. The SMILES string of the molecule is CCC(C)N(CC(=O)O)C(=O)c1cccc(-n2cncn2)c1. The van der Waals surface area contributed by atoms with E-state index in [0.29, 0.717) is 17.7 Å². The number of amides is 1. The van der Waals surface area contributed by atoms with Crippen molar-refractivity contribution < 1.29 is 14.7 Å². The summed E-state index contributed by atoms with van der Waals surface area (Å²) >= 11 is 0. The first-order valence-corrected chi connectivity index (χ1v) is 7.00. The highest BCUT2D eigenvalue weighted by atomic mass is 16.4. The average Bonchev–Trinajstić information content (AvgIpc) is 3.05. The highest BCUT2D eigenvalue weighted by Gasteiger charge is 2.23. The zero-order valence-electron chi connectivity index (χ0n) is 12.5. The molecule has 0 bridgehead atoms. The van der Waals surface area contributed by atoms with E-state index < -0.39 is 5.97 Å². The smallest absolute Gasteiger partial charge is 0.323 e. The minimum atomic E-state index is -1.03. The second kappa shape index (κ2) is 6.84. The molecule has 0 aliphatic heterocycles. The molecule has 2 rings (SSSR count). The predicted octanol–water partition coefficient (Wildman–Crippen LogP) is 1.59. The molecule has 0 aliphatic rings. The van der Waals surface area contributed by atoms with Crippen molar-refractivity contribution in [1.29, 1.82) is 0 Å². The van der Waals surface area contributed by atoms with Gasteiger partial charge >= 0.3 is 5.97 Å². The Morgan fingerprint density at radius 3 is 2.77 bits per heavy atom. The van der Waals surface area contributed by atoms with E-state index >= 15 is 0 Å². The molecule has 1 unspecified atom stereocenters. The highest BCUT2D eigenvalue weighted by Crippen LogP contribution is 2.14. The Hall–Kier alpha value is -2.70. The predicted molar refractivity (Wildman–Crippen MR) is 79.8 cm³/mol. The Labute approximate surface area is 128 Å². The fraction of sp³-hybridized carbons (Fsp3) is 0.333. The van der Waals surface area contributed by atoms with Gasteiger partial charge < -0.3 is 10.0 Å². The van der Waals surface area contributed by atoms with Gasteiger partial charge in [0.2, 0.25) is 0 Å². The third-order valence-electron chi connectivity index (χ3n) is 3.47. The topological polar surface area (TPSA) is 88.3 Å². The highest BCUT2D eigenvalue weighted by molar-refractivity contribution is 5.96. The van der Waals surface area contributed by atoms with Crippen molar-refractivity contribution in [1.82, 2.24) is 19.7 Å². The van der Waals surface area contributed by atoms with E-state index in [1.807, 2.05) is 13.8 Å². The molecule has 0 saturated heterocycles. The molecule has 1 N–H and O–H groups in total. The molecule has 7 heteroatoms. The van der Waals surface area contributed by atoms with Gasteiger partial charge in [0.05, 0.1) is 5.69 Å². The summed E-state index contributed by atoms with van der Waals surface area (Å²) in [4.78, 5) is 28.9. The maximum Gasteiger partial charge on any atom is 0.323 e. The summed E-state index contributed by atoms with van der Waals surface area (Å²) in [5.74, 6) is -1.33. The van der Waals surface area contributed by atoms with Gasteiger partial charge in [0.15, 0.2) is 0 Å². The van der Waals surface area contributed by atoms with Gasteiger partial charge in [-0.15, -0.1) is 0 Å². The van der Waals surface area contributed by atoms with Crippen LogP contribution in [0.4, 0.5) is 0 Å². The largest absolute Gasteiger partial charge is 0.480 e. The second-order valence-electron chi connectivity index (χ2n) is 4.97. The number of carbonyl (C=O) groups is 2. The summed E-state index contributed by atoms with van der Waals surface area (Å²) in [6, 6.07) is 6.73. The average molecular weight is 302 g/mol. The van der Waals surface area contributed by atoms with Gasteiger partial charge in [-0.25, -0.2) is 9.67 Å². The van der Waals surface area contributed by atoms with Crippen molar-refractivity contribution >= 4 is 11.9 Å². The molecule has 0 saturated carbocycles. The maximum atomic E-state index is 12.6. The zero-order chi connectivity index (χ0) is 16.1. The van der Waals surface area contributed by atoms with Gasteiger partial charge in [-0.05, 0) is 31.5 Å². The number of rotatable bonds is 6. The van der Waals surface area contributed by atoms with Gasteiger partial charge in [-0.2, -0.15) is 5.10 Å². The summed E-state index contributed by atoms with van der Waals surface area (Å²) < 4.78 is 1.54. The molecule has 0 spiro atoms. The Morgan fingerprint density at radius 1 is 1.41 bits per heavy atom. The van der Waals surface area contributed by atoms with Crippen molar-refractivity contribution in [2.45, 2.75) is 26.3 Å². The maximum absolute atomic E-state index is 12.6. The van der Waals surface area contributed by atoms with Crippen molar-refractivity contribution in [3.63, 3.8) is 0 Å². The van der Waals surface area contributed by atoms with Gasteiger partial charge in [-0.3, -0.25) is 9.59 Å². The molecule has 0 radical (unpaired) electrons. The first-order chi connectivity index (χ1) is 10.5. The summed E-state index contributed by atoms with van der Waals surface area (Å²) in [6.45, 7) is 3.43. The first kappa shape index (κ1) is 15.7. The van der Waals surface area contributed by atoms with Gasteiger partial charge in [0.25, 0.3) is 5.91 Å². The lowest BCUT2D eigenvalue weighted by atomic mass is 10.1. The zero-order valence-corrected chi connectivity index (χ0v) is 12.5. The van der Waals surface area contributed by atoms with Crippen LogP contribution in [0.2, 0.25) is 0 Å². The van der Waals surface area contributed by atoms with E-state index in [2.05, 4.69) is 10.1 Å². The molecule has 2 aromatic rings. The van der Waals surface area contributed by atoms with Crippen molar-refractivity contribution in [3.05, 3.63) is 42.5 Å². The summed E-state index contributed by atoms with van der Waals surface area (Å²) in [6.07, 6.45) is 3.62. The van der Waals surface area contributed by atoms with Gasteiger partial charge in [-0.1, -0.05) is 13.0 Å². The number of carboxylic acid groups (broad SMARTS) is 1. The lowest BCUT2D eigenvalue weighted by molar-refractivity contribution is -0.138. The van der Waals surface area contributed by atoms with Crippen molar-refractivity contribution in [3.8, 4) is 5.69 Å². The number of aromatic nitrogens is 3. The lowest BCUT2D eigenvalue weighted by Gasteiger charge is -2.27. The number of carboxylic acids is 1. The van der Waals surface area contributed by atoms with E-state index in [-0.39, 0.29) is 18.5 Å². The van der Waals surface area contributed by atoms with Crippen LogP contribution in [0.5, 0.6) is 0 Å². The van der Waals surface area contributed by atoms with Crippen molar-refractivity contribution in [2.75, 3.05) is 6.54 Å². The monoisotopic (exact) mass is 302 g/mol. The van der Waals surface area contributed by atoms with Crippen LogP contribution in [-0.2, 0) is 4.79 Å². The second-order valence-corrected chi connectivity index (χ2v) is 4.97. The molecule has 1 aromatic heterocycles. The van der Waals surface area contributed by atoms with Crippen LogP contribution in [0.25, 0.3) is 5.69 Å². The van der Waals surface area contributed by atoms with Crippen LogP contribution < -0.4 is 0 Å². The molecule has 0 fully saturated rings. The van der Waals surface area contributed by atoms with E-state index in [0.717, 1.165) is 0 Å². The number of benzene rings is 1. The van der Waals surface area contributed by atoms with Gasteiger partial charge in [0, 0.05) is 11.6 Å². The molecular formula is C15H18N4O3. The van der Waals surface area contributed by atoms with Crippen LogP contribution in [0, 0.1) is 0 Å². The van der Waals surface area contributed by atoms with Crippen LogP contribution in [0.1, 0.15) is 30.6 Å². The molecule has 1 amide bonds. The fourth-order valence-electron chi connectivity index (χ4n) is 2.08. The van der Waals surface area contributed by atoms with E-state index in [1.54, 1.807) is 28.9 Å². The van der Waals surface area contributed by atoms with Crippen LogP contribution in [0.15, 0.2) is 36.9 Å². The number of hydrogen-bond acceptors (Lipinski definition) is 4. The molecule has 1 atom stereocenters. The van der Waals surface area contributed by atoms with E-state index in [4.69, 9.17) is 5.11 Å². The Morgan fingerprint density at radius 2 is 2.18 bits per heavy atom. The molecule has 7 nitrogen and oxygen atoms in total. The standard InChI is InChI=1S/C15H18N4O3/c1-3-11(2)18(8-14(20)21)15(22)12-5-4-6-13(7-12)19-10-16-9-17-19/h4-7,9-11H,3,8H2,1-2H3,(H,20,21). The number of aliphatic carboxylic acids is 1. The lowest BCUT2D eigenvalue weighted by Crippen LogP contribution is -2.41. The summed E-state index contributed by atoms with van der Waals surface area (Å²) in [5, 5.41) is 13.0. The minimum absolute atomic E-state index is 0.154.